The maximum absolute atomic E-state index is 13.9. The van der Waals surface area contributed by atoms with Gasteiger partial charge in [0.25, 0.3) is 11.8 Å². The van der Waals surface area contributed by atoms with Crippen LogP contribution in [0, 0.1) is 0 Å². The van der Waals surface area contributed by atoms with E-state index in [0.717, 1.165) is 17.7 Å². The molecule has 0 spiro atoms. The Hall–Kier alpha value is -2.51. The zero-order valence-corrected chi connectivity index (χ0v) is 13.4. The van der Waals surface area contributed by atoms with Crippen LogP contribution in [-0.4, -0.2) is 40.1 Å². The number of hydrogen-bond acceptors (Lipinski definition) is 5. The molecule has 1 aliphatic carbocycles. The molecule has 1 amide bonds. The normalized spacial score (nSPS) is 22.2. The zero-order chi connectivity index (χ0) is 17.4. The summed E-state index contributed by atoms with van der Waals surface area (Å²) >= 11 is 0. The first-order valence-electron chi connectivity index (χ1n) is 8.20. The van der Waals surface area contributed by atoms with Crippen molar-refractivity contribution in [2.24, 2.45) is 0 Å². The molecule has 1 saturated heterocycles. The third-order valence-corrected chi connectivity index (χ3v) is 4.36. The maximum Gasteiger partial charge on any atom is 0.267 e. The molecule has 0 radical (unpaired) electrons. The molecule has 2 aromatic rings. The fourth-order valence-electron chi connectivity index (χ4n) is 2.92. The third-order valence-electron chi connectivity index (χ3n) is 4.36. The first-order chi connectivity index (χ1) is 12.0. The van der Waals surface area contributed by atoms with E-state index in [1.807, 2.05) is 6.07 Å². The highest BCUT2D eigenvalue weighted by Gasteiger charge is 2.50. The van der Waals surface area contributed by atoms with Crippen molar-refractivity contribution in [3.8, 4) is 5.75 Å². The molecule has 132 valence electrons. The van der Waals surface area contributed by atoms with Crippen LogP contribution in [0.15, 0.2) is 34.7 Å². The van der Waals surface area contributed by atoms with Gasteiger partial charge < -0.3 is 14.1 Å². The summed E-state index contributed by atoms with van der Waals surface area (Å²) in [5.74, 6) is -2.23. The van der Waals surface area contributed by atoms with Gasteiger partial charge in [-0.1, -0.05) is 18.2 Å². The SMILES string of the molecule is O=C(COc1ccccc1)N1CC(F)(F)C[C@H]1c1nnc(C2CC2)o1. The van der Waals surface area contributed by atoms with Crippen LogP contribution in [0.3, 0.4) is 0 Å². The minimum absolute atomic E-state index is 0.0761. The average molecular weight is 349 g/mol. The first-order valence-corrected chi connectivity index (χ1v) is 8.20. The standard InChI is InChI=1S/C17H17F2N3O3/c18-17(19)8-13(16-21-20-15(25-16)11-6-7-11)22(10-17)14(23)9-24-12-4-2-1-3-5-12/h1-5,11,13H,6-10H2/t13-/m0/s1. The van der Waals surface area contributed by atoms with Gasteiger partial charge in [-0.25, -0.2) is 8.78 Å². The van der Waals surface area contributed by atoms with E-state index in [-0.39, 0.29) is 18.4 Å². The number of carbonyl (C=O) groups is 1. The first kappa shape index (κ1) is 16.0. The van der Waals surface area contributed by atoms with E-state index in [2.05, 4.69) is 10.2 Å². The largest absolute Gasteiger partial charge is 0.484 e. The molecule has 1 saturated carbocycles. The van der Waals surface area contributed by atoms with Gasteiger partial charge in [0.15, 0.2) is 6.61 Å². The number of carbonyl (C=O) groups excluding carboxylic acids is 1. The number of alkyl halides is 2. The van der Waals surface area contributed by atoms with Crippen LogP contribution >= 0.6 is 0 Å². The van der Waals surface area contributed by atoms with Gasteiger partial charge in [0, 0.05) is 12.3 Å². The Labute approximate surface area is 142 Å². The molecule has 8 heteroatoms. The lowest BCUT2D eigenvalue weighted by Crippen LogP contribution is -2.36. The summed E-state index contributed by atoms with van der Waals surface area (Å²) in [6.07, 6.45) is 1.42. The Morgan fingerprint density at radius 1 is 1.24 bits per heavy atom. The summed E-state index contributed by atoms with van der Waals surface area (Å²) < 4.78 is 38.7. The number of aromatic nitrogens is 2. The van der Waals surface area contributed by atoms with Crippen LogP contribution < -0.4 is 4.74 Å². The summed E-state index contributed by atoms with van der Waals surface area (Å²) in [6.45, 7) is -0.990. The van der Waals surface area contributed by atoms with E-state index >= 15 is 0 Å². The number of halogens is 2. The lowest BCUT2D eigenvalue weighted by molar-refractivity contribution is -0.135. The minimum atomic E-state index is -2.98. The van der Waals surface area contributed by atoms with E-state index < -0.39 is 30.8 Å². The number of para-hydroxylation sites is 1. The van der Waals surface area contributed by atoms with Crippen LogP contribution in [0.4, 0.5) is 8.78 Å². The third kappa shape index (κ3) is 3.47. The lowest BCUT2D eigenvalue weighted by atomic mass is 10.2. The molecule has 0 unspecified atom stereocenters. The van der Waals surface area contributed by atoms with E-state index in [1.165, 1.54) is 0 Å². The van der Waals surface area contributed by atoms with Crippen molar-refractivity contribution in [3.63, 3.8) is 0 Å². The van der Waals surface area contributed by atoms with Gasteiger partial charge in [-0.05, 0) is 25.0 Å². The molecule has 1 atom stereocenters. The Balaban J connectivity index is 1.47. The number of hydrogen-bond donors (Lipinski definition) is 0. The van der Waals surface area contributed by atoms with Gasteiger partial charge in [-0.2, -0.15) is 0 Å². The van der Waals surface area contributed by atoms with E-state index in [0.29, 0.717) is 11.6 Å². The highest BCUT2D eigenvalue weighted by molar-refractivity contribution is 5.78. The van der Waals surface area contributed by atoms with Crippen molar-refractivity contribution in [2.45, 2.75) is 37.1 Å². The predicted molar refractivity (Wildman–Crippen MR) is 82.2 cm³/mol. The van der Waals surface area contributed by atoms with Crippen molar-refractivity contribution < 1.29 is 22.7 Å². The quantitative estimate of drug-likeness (QED) is 0.830. The van der Waals surface area contributed by atoms with Gasteiger partial charge in [-0.15, -0.1) is 10.2 Å². The number of nitrogens with zero attached hydrogens (tertiary/aromatic N) is 3. The summed E-state index contributed by atoms with van der Waals surface area (Å²) in [5.41, 5.74) is 0. The number of ether oxygens (including phenoxy) is 1. The number of likely N-dealkylation sites (tertiary alicyclic amines) is 1. The van der Waals surface area contributed by atoms with Gasteiger partial charge >= 0.3 is 0 Å². The zero-order valence-electron chi connectivity index (χ0n) is 13.4. The molecule has 1 aromatic heterocycles. The maximum atomic E-state index is 13.9. The highest BCUT2D eigenvalue weighted by Crippen LogP contribution is 2.43. The molecule has 2 heterocycles. The Morgan fingerprint density at radius 3 is 2.68 bits per heavy atom. The molecule has 6 nitrogen and oxygen atoms in total. The molecule has 2 fully saturated rings. The summed E-state index contributed by atoms with van der Waals surface area (Å²) in [7, 11) is 0. The van der Waals surface area contributed by atoms with E-state index in [4.69, 9.17) is 9.15 Å². The second-order valence-electron chi connectivity index (χ2n) is 6.45. The number of rotatable bonds is 5. The van der Waals surface area contributed by atoms with Crippen LogP contribution in [0.1, 0.15) is 43.0 Å². The van der Waals surface area contributed by atoms with Gasteiger partial charge in [0.1, 0.15) is 11.8 Å². The number of benzene rings is 1. The molecule has 1 aromatic carbocycles. The minimum Gasteiger partial charge on any atom is -0.484 e. The Kier molecular flexibility index (Phi) is 3.89. The molecule has 2 aliphatic rings. The van der Waals surface area contributed by atoms with Crippen LogP contribution in [0.25, 0.3) is 0 Å². The van der Waals surface area contributed by atoms with E-state index in [1.54, 1.807) is 24.3 Å². The smallest absolute Gasteiger partial charge is 0.267 e. The molecule has 1 aliphatic heterocycles. The number of amides is 1. The van der Waals surface area contributed by atoms with Crippen molar-refractivity contribution in [1.82, 2.24) is 15.1 Å². The Bertz CT molecular complexity index is 762. The molecular weight excluding hydrogens is 332 g/mol. The van der Waals surface area contributed by atoms with Gasteiger partial charge in [-0.3, -0.25) is 4.79 Å². The monoisotopic (exact) mass is 349 g/mol. The van der Waals surface area contributed by atoms with Crippen molar-refractivity contribution >= 4 is 5.91 Å². The fraction of sp³-hybridized carbons (Fsp3) is 0.471. The average Bonchev–Trinajstić information content (AvgIpc) is 3.24. The van der Waals surface area contributed by atoms with Crippen molar-refractivity contribution in [3.05, 3.63) is 42.1 Å². The molecule has 0 bridgehead atoms. The van der Waals surface area contributed by atoms with Crippen LogP contribution in [0.5, 0.6) is 5.75 Å². The predicted octanol–water partition coefficient (Wildman–Crippen LogP) is 2.93. The molecular formula is C17H17F2N3O3. The summed E-state index contributed by atoms with van der Waals surface area (Å²) in [4.78, 5) is 13.5. The van der Waals surface area contributed by atoms with Crippen LogP contribution in [-0.2, 0) is 4.79 Å². The van der Waals surface area contributed by atoms with Gasteiger partial charge in [0.05, 0.1) is 6.54 Å². The topological polar surface area (TPSA) is 68.5 Å². The second-order valence-corrected chi connectivity index (χ2v) is 6.45. The van der Waals surface area contributed by atoms with Crippen molar-refractivity contribution in [2.75, 3.05) is 13.2 Å². The van der Waals surface area contributed by atoms with Crippen LogP contribution in [0.2, 0.25) is 0 Å². The summed E-state index contributed by atoms with van der Waals surface area (Å²) in [5, 5.41) is 7.82. The second kappa shape index (κ2) is 6.09. The van der Waals surface area contributed by atoms with E-state index in [9.17, 15) is 13.6 Å². The Morgan fingerprint density at radius 2 is 1.96 bits per heavy atom. The fourth-order valence-corrected chi connectivity index (χ4v) is 2.92. The summed E-state index contributed by atoms with van der Waals surface area (Å²) in [6, 6.07) is 7.84. The molecule has 0 N–H and O–H groups in total. The molecule has 25 heavy (non-hydrogen) atoms. The lowest BCUT2D eigenvalue weighted by Gasteiger charge is -2.21. The highest BCUT2D eigenvalue weighted by atomic mass is 19.3. The molecule has 4 rings (SSSR count). The van der Waals surface area contributed by atoms with Gasteiger partial charge in [0.2, 0.25) is 11.8 Å². The van der Waals surface area contributed by atoms with Crippen molar-refractivity contribution in [1.29, 1.82) is 0 Å².